The molecule has 0 saturated heterocycles. The molecule has 1 aliphatic rings. The van der Waals surface area contributed by atoms with Crippen molar-refractivity contribution in [3.05, 3.63) is 29.6 Å². The number of aliphatic carboxylic acids is 1. The second-order valence-electron chi connectivity index (χ2n) is 4.25. The summed E-state index contributed by atoms with van der Waals surface area (Å²) in [7, 11) is 1.36. The predicted molar refractivity (Wildman–Crippen MR) is 57.5 cm³/mol. The largest absolute Gasteiger partial charge is 0.494 e. The number of aliphatic hydroxyl groups is 1. The second-order valence-corrected chi connectivity index (χ2v) is 4.25. The normalized spacial score (nSPS) is 18.5. The predicted octanol–water partition coefficient (Wildman–Crippen LogP) is 1.31. The highest BCUT2D eigenvalue weighted by Crippen LogP contribution is 2.51. The lowest BCUT2D eigenvalue weighted by Gasteiger charge is -2.19. The Bertz CT molecular complexity index is 454. The highest BCUT2D eigenvalue weighted by molar-refractivity contribution is 5.75. The molecule has 0 spiro atoms. The monoisotopic (exact) mass is 240 g/mol. The van der Waals surface area contributed by atoms with Gasteiger partial charge in [0.1, 0.15) is 0 Å². The van der Waals surface area contributed by atoms with Crippen molar-refractivity contribution >= 4 is 5.97 Å². The van der Waals surface area contributed by atoms with Gasteiger partial charge in [0.25, 0.3) is 0 Å². The molecule has 2 rings (SSSR count). The molecular weight excluding hydrogens is 227 g/mol. The van der Waals surface area contributed by atoms with Crippen LogP contribution in [0.2, 0.25) is 0 Å². The Labute approximate surface area is 97.6 Å². The van der Waals surface area contributed by atoms with Gasteiger partial charge in [0.2, 0.25) is 0 Å². The van der Waals surface area contributed by atoms with E-state index in [0.717, 1.165) is 0 Å². The minimum atomic E-state index is -1.49. The Morgan fingerprint density at radius 2 is 2.18 bits per heavy atom. The van der Waals surface area contributed by atoms with Gasteiger partial charge in [-0.15, -0.1) is 0 Å². The van der Waals surface area contributed by atoms with Gasteiger partial charge >= 0.3 is 5.97 Å². The van der Waals surface area contributed by atoms with Gasteiger partial charge in [-0.25, -0.2) is 9.18 Å². The summed E-state index contributed by atoms with van der Waals surface area (Å²) in [5.74, 6) is -1.72. The van der Waals surface area contributed by atoms with E-state index in [1.807, 2.05) is 0 Å². The van der Waals surface area contributed by atoms with Crippen LogP contribution in [0.3, 0.4) is 0 Å². The van der Waals surface area contributed by atoms with E-state index in [0.29, 0.717) is 18.4 Å². The summed E-state index contributed by atoms with van der Waals surface area (Å²) in [6, 6.07) is 4.28. The van der Waals surface area contributed by atoms with E-state index in [9.17, 15) is 14.3 Å². The van der Waals surface area contributed by atoms with Crippen molar-refractivity contribution in [3.8, 4) is 5.75 Å². The third-order valence-corrected chi connectivity index (χ3v) is 3.27. The average Bonchev–Trinajstić information content (AvgIpc) is 3.09. The molecule has 0 amide bonds. The van der Waals surface area contributed by atoms with Crippen LogP contribution in [0, 0.1) is 5.82 Å². The van der Waals surface area contributed by atoms with E-state index < -0.39 is 23.3 Å². The molecule has 0 heterocycles. The Hall–Kier alpha value is -1.62. The molecule has 1 aromatic carbocycles. The Morgan fingerprint density at radius 1 is 1.53 bits per heavy atom. The Morgan fingerprint density at radius 3 is 2.59 bits per heavy atom. The quantitative estimate of drug-likeness (QED) is 0.832. The Kier molecular flexibility index (Phi) is 2.79. The zero-order valence-corrected chi connectivity index (χ0v) is 9.31. The molecule has 0 radical (unpaired) electrons. The smallest absolute Gasteiger partial charge is 0.333 e. The summed E-state index contributed by atoms with van der Waals surface area (Å²) in [5, 5.41) is 18.5. The first kappa shape index (κ1) is 11.9. The number of hydrogen-bond acceptors (Lipinski definition) is 3. The highest BCUT2D eigenvalue weighted by Gasteiger charge is 2.53. The van der Waals surface area contributed by atoms with Crippen LogP contribution in [0.15, 0.2) is 18.2 Å². The van der Waals surface area contributed by atoms with Gasteiger partial charge in [-0.3, -0.25) is 0 Å². The summed E-state index contributed by atoms with van der Waals surface area (Å²) in [5.41, 5.74) is -0.329. The van der Waals surface area contributed by atoms with Crippen molar-refractivity contribution < 1.29 is 24.1 Å². The topological polar surface area (TPSA) is 66.8 Å². The van der Waals surface area contributed by atoms with Crippen LogP contribution in [0.25, 0.3) is 0 Å². The summed E-state index contributed by atoms with van der Waals surface area (Å²) in [6.07, 6.45) is -0.395. The van der Waals surface area contributed by atoms with Crippen LogP contribution in [0.5, 0.6) is 5.75 Å². The SMILES string of the molecule is COc1ccc(C2(C(O)C(=O)O)CC2)cc1F. The highest BCUT2D eigenvalue weighted by atomic mass is 19.1. The first-order chi connectivity index (χ1) is 8.01. The van der Waals surface area contributed by atoms with Crippen LogP contribution < -0.4 is 4.74 Å². The van der Waals surface area contributed by atoms with Gasteiger partial charge in [-0.1, -0.05) is 6.07 Å². The van der Waals surface area contributed by atoms with Crippen LogP contribution in [-0.2, 0) is 10.2 Å². The lowest BCUT2D eigenvalue weighted by molar-refractivity contribution is -0.148. The fraction of sp³-hybridized carbons (Fsp3) is 0.417. The van der Waals surface area contributed by atoms with Crippen molar-refractivity contribution in [3.63, 3.8) is 0 Å². The lowest BCUT2D eigenvalue weighted by Crippen LogP contribution is -2.33. The number of ether oxygens (including phenoxy) is 1. The fourth-order valence-electron chi connectivity index (χ4n) is 2.07. The number of carboxylic acids is 1. The molecule has 2 N–H and O–H groups in total. The molecule has 0 bridgehead atoms. The van der Waals surface area contributed by atoms with E-state index in [2.05, 4.69) is 0 Å². The summed E-state index contributed by atoms with van der Waals surface area (Å²) in [6.45, 7) is 0. The number of rotatable bonds is 4. The number of aliphatic hydroxyl groups excluding tert-OH is 1. The molecule has 0 aromatic heterocycles. The molecule has 17 heavy (non-hydrogen) atoms. The average molecular weight is 240 g/mol. The minimum absolute atomic E-state index is 0.106. The van der Waals surface area contributed by atoms with E-state index in [1.54, 1.807) is 6.07 Å². The van der Waals surface area contributed by atoms with E-state index in [-0.39, 0.29) is 5.75 Å². The molecule has 92 valence electrons. The number of halogens is 1. The van der Waals surface area contributed by atoms with Crippen LogP contribution >= 0.6 is 0 Å². The molecule has 1 atom stereocenters. The van der Waals surface area contributed by atoms with Crippen molar-refractivity contribution in [2.45, 2.75) is 24.4 Å². The third-order valence-electron chi connectivity index (χ3n) is 3.27. The molecule has 5 heteroatoms. The van der Waals surface area contributed by atoms with Gasteiger partial charge in [0, 0.05) is 5.41 Å². The second kappa shape index (κ2) is 4.00. The van der Waals surface area contributed by atoms with Gasteiger partial charge in [0.15, 0.2) is 17.7 Å². The van der Waals surface area contributed by atoms with E-state index in [1.165, 1.54) is 19.2 Å². The lowest BCUT2D eigenvalue weighted by atomic mass is 9.90. The standard InChI is InChI=1S/C12H13FO4/c1-17-9-3-2-7(6-8(9)13)12(4-5-12)10(14)11(15)16/h2-3,6,10,14H,4-5H2,1H3,(H,15,16). The van der Waals surface area contributed by atoms with Gasteiger partial charge < -0.3 is 14.9 Å². The van der Waals surface area contributed by atoms with Crippen molar-refractivity contribution in [2.24, 2.45) is 0 Å². The maximum absolute atomic E-state index is 13.5. The van der Waals surface area contributed by atoms with Gasteiger partial charge in [-0.05, 0) is 30.5 Å². The number of carbonyl (C=O) groups is 1. The zero-order valence-electron chi connectivity index (χ0n) is 9.31. The van der Waals surface area contributed by atoms with Crippen LogP contribution in [-0.4, -0.2) is 29.4 Å². The molecule has 1 aromatic rings. The molecule has 0 aliphatic heterocycles. The maximum atomic E-state index is 13.5. The molecule has 4 nitrogen and oxygen atoms in total. The zero-order chi connectivity index (χ0) is 12.6. The summed E-state index contributed by atoms with van der Waals surface area (Å²) < 4.78 is 18.3. The van der Waals surface area contributed by atoms with Gasteiger partial charge in [0.05, 0.1) is 7.11 Å². The summed E-state index contributed by atoms with van der Waals surface area (Å²) >= 11 is 0. The molecule has 1 unspecified atom stereocenters. The maximum Gasteiger partial charge on any atom is 0.333 e. The van der Waals surface area contributed by atoms with Crippen molar-refractivity contribution in [1.82, 2.24) is 0 Å². The van der Waals surface area contributed by atoms with Gasteiger partial charge in [-0.2, -0.15) is 0 Å². The molecule has 1 saturated carbocycles. The Balaban J connectivity index is 2.35. The number of carboxylic acid groups (broad SMARTS) is 1. The van der Waals surface area contributed by atoms with Crippen molar-refractivity contribution in [1.29, 1.82) is 0 Å². The molecular formula is C12H13FO4. The summed E-state index contributed by atoms with van der Waals surface area (Å²) in [4.78, 5) is 10.8. The molecule has 1 aliphatic carbocycles. The number of benzene rings is 1. The number of methoxy groups -OCH3 is 1. The third kappa shape index (κ3) is 1.86. The fourth-order valence-corrected chi connectivity index (χ4v) is 2.07. The first-order valence-corrected chi connectivity index (χ1v) is 5.26. The van der Waals surface area contributed by atoms with Crippen molar-refractivity contribution in [2.75, 3.05) is 7.11 Å². The van der Waals surface area contributed by atoms with Crippen LogP contribution in [0.4, 0.5) is 4.39 Å². The number of hydrogen-bond donors (Lipinski definition) is 2. The molecule has 1 fully saturated rings. The van der Waals surface area contributed by atoms with E-state index in [4.69, 9.17) is 9.84 Å². The first-order valence-electron chi connectivity index (χ1n) is 5.26. The van der Waals surface area contributed by atoms with E-state index >= 15 is 0 Å². The minimum Gasteiger partial charge on any atom is -0.494 e. The van der Waals surface area contributed by atoms with Crippen LogP contribution in [0.1, 0.15) is 18.4 Å².